The van der Waals surface area contributed by atoms with Gasteiger partial charge in [0.2, 0.25) is 0 Å². The maximum atomic E-state index is 12.9. The number of hydrogen-bond donors (Lipinski definition) is 1. The van der Waals surface area contributed by atoms with Crippen molar-refractivity contribution < 1.29 is 12.6 Å². The minimum atomic E-state index is -3.94. The van der Waals surface area contributed by atoms with Crippen LogP contribution in [0.5, 0.6) is 5.75 Å². The monoisotopic (exact) mass is 434 g/mol. The largest absolute Gasteiger partial charge is 0.378 e. The molecule has 0 aliphatic rings. The Morgan fingerprint density at radius 3 is 1.70 bits per heavy atom. The van der Waals surface area contributed by atoms with E-state index < -0.39 is 21.0 Å². The molecule has 0 spiro atoms. The lowest BCUT2D eigenvalue weighted by atomic mass is 10.2. The fourth-order valence-corrected chi connectivity index (χ4v) is 6.54. The van der Waals surface area contributed by atoms with Crippen LogP contribution in [-0.2, 0) is 10.1 Å². The highest BCUT2D eigenvalue weighted by molar-refractivity contribution is 8.17. The van der Waals surface area contributed by atoms with E-state index in [9.17, 15) is 8.42 Å². The molecule has 5 heteroatoms. The topological polar surface area (TPSA) is 43.4 Å². The molecule has 0 aliphatic carbocycles. The highest BCUT2D eigenvalue weighted by Crippen LogP contribution is 2.54. The molecule has 0 atom stereocenters. The van der Waals surface area contributed by atoms with E-state index in [1.165, 1.54) is 0 Å². The predicted molar refractivity (Wildman–Crippen MR) is 122 cm³/mol. The van der Waals surface area contributed by atoms with Crippen LogP contribution in [0.2, 0.25) is 0 Å². The lowest BCUT2D eigenvalue weighted by Crippen LogP contribution is -2.10. The first kappa shape index (κ1) is 20.3. The molecule has 3 nitrogen and oxygen atoms in total. The van der Waals surface area contributed by atoms with Crippen LogP contribution in [0.3, 0.4) is 0 Å². The van der Waals surface area contributed by atoms with E-state index in [2.05, 4.69) is 24.3 Å². The zero-order valence-electron chi connectivity index (χ0n) is 16.5. The van der Waals surface area contributed by atoms with Gasteiger partial charge in [0, 0.05) is 4.90 Å². The third-order valence-electron chi connectivity index (χ3n) is 4.64. The van der Waals surface area contributed by atoms with E-state index in [0.29, 0.717) is 5.75 Å². The van der Waals surface area contributed by atoms with Crippen LogP contribution in [0.1, 0.15) is 5.56 Å². The fraction of sp³-hybridized carbons (Fsp3) is 0.0400. The molecule has 0 saturated heterocycles. The minimum absolute atomic E-state index is 0.145. The van der Waals surface area contributed by atoms with Gasteiger partial charge in [-0.2, -0.15) is 19.3 Å². The average Bonchev–Trinajstić information content (AvgIpc) is 2.77. The number of benzene rings is 4. The van der Waals surface area contributed by atoms with Crippen LogP contribution in [0.25, 0.3) is 0 Å². The first-order chi connectivity index (χ1) is 14.5. The summed E-state index contributed by atoms with van der Waals surface area (Å²) in [6.45, 7) is 1.92. The van der Waals surface area contributed by atoms with E-state index >= 15 is 0 Å². The van der Waals surface area contributed by atoms with E-state index in [1.807, 2.05) is 55.5 Å². The van der Waals surface area contributed by atoms with E-state index in [1.54, 1.807) is 36.4 Å². The molecule has 0 saturated carbocycles. The van der Waals surface area contributed by atoms with Crippen molar-refractivity contribution in [3.63, 3.8) is 0 Å². The van der Waals surface area contributed by atoms with Crippen LogP contribution in [0, 0.1) is 6.92 Å². The molecule has 0 heterocycles. The van der Waals surface area contributed by atoms with Crippen molar-refractivity contribution in [2.24, 2.45) is 0 Å². The van der Waals surface area contributed by atoms with Gasteiger partial charge in [0.1, 0.15) is 4.90 Å². The van der Waals surface area contributed by atoms with E-state index in [-0.39, 0.29) is 4.90 Å². The van der Waals surface area contributed by atoms with Gasteiger partial charge in [-0.25, -0.2) is 0 Å². The molecule has 0 unspecified atom stereocenters. The van der Waals surface area contributed by atoms with Crippen molar-refractivity contribution in [1.82, 2.24) is 0 Å². The Balaban J connectivity index is 1.80. The molecule has 0 N–H and O–H groups in total. The molecule has 4 aromatic carbocycles. The second-order valence-corrected chi connectivity index (χ2v) is 10.6. The third kappa shape index (κ3) is 4.42. The summed E-state index contributed by atoms with van der Waals surface area (Å²) >= 11 is 0. The minimum Gasteiger partial charge on any atom is -0.378 e. The Hall–Kier alpha value is -3.02. The molecule has 0 radical (unpaired) electrons. The van der Waals surface area contributed by atoms with Crippen LogP contribution in [0.15, 0.2) is 129 Å². The lowest BCUT2D eigenvalue weighted by Gasteiger charge is -2.25. The van der Waals surface area contributed by atoms with Crippen molar-refractivity contribution in [1.29, 1.82) is 0 Å². The van der Waals surface area contributed by atoms with Crippen molar-refractivity contribution in [3.8, 4) is 5.75 Å². The van der Waals surface area contributed by atoms with Crippen LogP contribution >= 0.6 is 10.9 Å². The Morgan fingerprint density at radius 2 is 1.13 bits per heavy atom. The van der Waals surface area contributed by atoms with Gasteiger partial charge >= 0.3 is 10.1 Å². The summed E-state index contributed by atoms with van der Waals surface area (Å²) in [4.78, 5) is 3.26. The molecular formula is C25H22O3S2. The molecule has 152 valence electrons. The number of para-hydroxylation sites is 1. The van der Waals surface area contributed by atoms with Crippen molar-refractivity contribution in [2.75, 3.05) is 0 Å². The molecular weight excluding hydrogens is 412 g/mol. The SMILES string of the molecule is Cc1ccc(S(=O)(=O)Oc2ccccc2[SH](c2ccccc2)c2ccccc2)cc1. The van der Waals surface area contributed by atoms with Gasteiger partial charge < -0.3 is 4.18 Å². The Morgan fingerprint density at radius 1 is 0.633 bits per heavy atom. The zero-order chi connectivity index (χ0) is 21.0. The summed E-state index contributed by atoms with van der Waals surface area (Å²) in [6.07, 6.45) is 0. The molecule has 30 heavy (non-hydrogen) atoms. The van der Waals surface area contributed by atoms with Gasteiger partial charge in [-0.05, 0) is 65.2 Å². The smallest absolute Gasteiger partial charge is 0.339 e. The van der Waals surface area contributed by atoms with Crippen molar-refractivity contribution in [3.05, 3.63) is 115 Å². The Labute approximate surface area is 180 Å². The molecule has 0 aliphatic heterocycles. The summed E-state index contributed by atoms with van der Waals surface area (Å²) in [6, 6.07) is 34.3. The lowest BCUT2D eigenvalue weighted by molar-refractivity contribution is 0.480. The Bertz CT molecular complexity index is 1180. The summed E-state index contributed by atoms with van der Waals surface area (Å²) in [5, 5.41) is 0. The van der Waals surface area contributed by atoms with E-state index in [0.717, 1.165) is 20.2 Å². The molecule has 0 aromatic heterocycles. The highest BCUT2D eigenvalue weighted by Gasteiger charge is 2.22. The number of aryl methyl sites for hydroxylation is 1. The normalized spacial score (nSPS) is 11.7. The third-order valence-corrected chi connectivity index (χ3v) is 8.37. The van der Waals surface area contributed by atoms with Gasteiger partial charge in [-0.1, -0.05) is 66.2 Å². The highest BCUT2D eigenvalue weighted by atomic mass is 32.2. The van der Waals surface area contributed by atoms with Crippen molar-refractivity contribution >= 4 is 21.0 Å². The first-order valence-electron chi connectivity index (χ1n) is 9.55. The van der Waals surface area contributed by atoms with Crippen LogP contribution < -0.4 is 4.18 Å². The molecule has 0 bridgehead atoms. The molecule has 4 aromatic rings. The van der Waals surface area contributed by atoms with Gasteiger partial charge in [0.15, 0.2) is 5.75 Å². The number of rotatable bonds is 6. The average molecular weight is 435 g/mol. The maximum absolute atomic E-state index is 12.9. The molecule has 4 rings (SSSR count). The van der Waals surface area contributed by atoms with Crippen LogP contribution in [0.4, 0.5) is 0 Å². The quantitative estimate of drug-likeness (QED) is 0.288. The number of hydrogen-bond acceptors (Lipinski definition) is 3. The van der Waals surface area contributed by atoms with Gasteiger partial charge in [0.05, 0.1) is 0 Å². The van der Waals surface area contributed by atoms with Crippen LogP contribution in [-0.4, -0.2) is 8.42 Å². The predicted octanol–water partition coefficient (Wildman–Crippen LogP) is 6.24. The fourth-order valence-electron chi connectivity index (χ4n) is 3.16. The number of thiol groups is 1. The molecule has 0 fully saturated rings. The molecule has 0 amide bonds. The standard InChI is InChI=1S/C25H22O3S2/c1-20-16-18-23(19-17-20)30(26,27)28-24-14-8-9-15-25(24)29(21-10-4-2-5-11-21)22-12-6-3-7-13-22/h2-19,29H,1H3. The van der Waals surface area contributed by atoms with Gasteiger partial charge in [-0.3, -0.25) is 0 Å². The summed E-state index contributed by atoms with van der Waals surface area (Å²) in [7, 11) is -4.92. The second kappa shape index (κ2) is 8.78. The van der Waals surface area contributed by atoms with Crippen molar-refractivity contribution in [2.45, 2.75) is 26.5 Å². The summed E-state index contributed by atoms with van der Waals surface area (Å²) in [5.74, 6) is 0.358. The van der Waals surface area contributed by atoms with E-state index in [4.69, 9.17) is 4.18 Å². The maximum Gasteiger partial charge on any atom is 0.339 e. The van der Waals surface area contributed by atoms with Gasteiger partial charge in [0.25, 0.3) is 0 Å². The zero-order valence-corrected chi connectivity index (χ0v) is 18.2. The first-order valence-corrected chi connectivity index (χ1v) is 12.3. The summed E-state index contributed by atoms with van der Waals surface area (Å²) < 4.78 is 31.6. The second-order valence-electron chi connectivity index (χ2n) is 6.82. The van der Waals surface area contributed by atoms with Gasteiger partial charge in [-0.15, -0.1) is 0 Å². The summed E-state index contributed by atoms with van der Waals surface area (Å²) in [5.41, 5.74) is 0.992. The Kier molecular flexibility index (Phi) is 5.93.